The molecule has 0 spiro atoms. The van der Waals surface area contributed by atoms with Crippen molar-refractivity contribution in [2.75, 3.05) is 26.2 Å². The van der Waals surface area contributed by atoms with E-state index in [1.165, 1.54) is 19.3 Å². The Balaban J connectivity index is 2.32. The molecule has 1 heterocycles. The summed E-state index contributed by atoms with van der Waals surface area (Å²) >= 11 is 0. The highest BCUT2D eigenvalue weighted by molar-refractivity contribution is 5.78. The van der Waals surface area contributed by atoms with Crippen molar-refractivity contribution in [3.8, 4) is 0 Å². The zero-order chi connectivity index (χ0) is 14.1. The lowest BCUT2D eigenvalue weighted by Crippen LogP contribution is -2.49. The van der Waals surface area contributed by atoms with Gasteiger partial charge in [0.25, 0.3) is 0 Å². The van der Waals surface area contributed by atoms with Crippen LogP contribution in [0.1, 0.15) is 52.9 Å². The number of hydrogen-bond acceptors (Lipinski definition) is 3. The molecule has 1 saturated heterocycles. The highest BCUT2D eigenvalue weighted by Crippen LogP contribution is 2.10. The molecule has 0 aromatic rings. The third-order valence-electron chi connectivity index (χ3n) is 3.80. The van der Waals surface area contributed by atoms with Crippen molar-refractivity contribution in [3.63, 3.8) is 0 Å². The Morgan fingerprint density at radius 1 is 1.42 bits per heavy atom. The van der Waals surface area contributed by atoms with Crippen molar-refractivity contribution in [3.05, 3.63) is 0 Å². The maximum absolute atomic E-state index is 11.9. The number of rotatable bonds is 8. The molecule has 0 aliphatic carbocycles. The molecular weight excluding hydrogens is 238 g/mol. The van der Waals surface area contributed by atoms with Crippen LogP contribution in [0.25, 0.3) is 0 Å². The molecular formula is C15H31N3O. The van der Waals surface area contributed by atoms with Crippen LogP contribution in [0.3, 0.4) is 0 Å². The van der Waals surface area contributed by atoms with E-state index >= 15 is 0 Å². The van der Waals surface area contributed by atoms with Gasteiger partial charge in [0.2, 0.25) is 5.91 Å². The Hall–Kier alpha value is -0.610. The molecule has 19 heavy (non-hydrogen) atoms. The van der Waals surface area contributed by atoms with Gasteiger partial charge < -0.3 is 10.6 Å². The first kappa shape index (κ1) is 16.4. The molecule has 0 radical (unpaired) electrons. The maximum Gasteiger partial charge on any atom is 0.234 e. The van der Waals surface area contributed by atoms with Crippen molar-refractivity contribution in [2.24, 2.45) is 0 Å². The Morgan fingerprint density at radius 3 is 2.79 bits per heavy atom. The van der Waals surface area contributed by atoms with Gasteiger partial charge in [-0.25, -0.2) is 0 Å². The third-order valence-corrected chi connectivity index (χ3v) is 3.80. The monoisotopic (exact) mass is 269 g/mol. The minimum atomic E-state index is 0.165. The average Bonchev–Trinajstić information content (AvgIpc) is 2.39. The number of hydrogen-bond donors (Lipinski definition) is 2. The molecule has 1 unspecified atom stereocenters. The molecule has 1 aliphatic rings. The summed E-state index contributed by atoms with van der Waals surface area (Å²) in [6.07, 6.45) is 6.03. The van der Waals surface area contributed by atoms with Crippen LogP contribution in [0.4, 0.5) is 0 Å². The van der Waals surface area contributed by atoms with Gasteiger partial charge in [0.15, 0.2) is 0 Å². The summed E-state index contributed by atoms with van der Waals surface area (Å²) in [5.41, 5.74) is 0. The fourth-order valence-corrected chi connectivity index (χ4v) is 2.47. The molecule has 2 N–H and O–H groups in total. The SMILES string of the molecule is CCCCNC(=O)CN(CC1CCCCN1)C(C)C. The molecule has 1 amide bonds. The smallest absolute Gasteiger partial charge is 0.234 e. The second-order valence-corrected chi connectivity index (χ2v) is 5.87. The molecule has 1 aliphatic heterocycles. The molecule has 0 aromatic heterocycles. The number of piperidine rings is 1. The highest BCUT2D eigenvalue weighted by Gasteiger charge is 2.20. The van der Waals surface area contributed by atoms with Gasteiger partial charge in [0, 0.05) is 25.2 Å². The summed E-state index contributed by atoms with van der Waals surface area (Å²) in [6.45, 7) is 9.92. The first-order valence-corrected chi connectivity index (χ1v) is 7.87. The summed E-state index contributed by atoms with van der Waals surface area (Å²) in [6, 6.07) is 0.972. The second kappa shape index (κ2) is 9.32. The summed E-state index contributed by atoms with van der Waals surface area (Å²) < 4.78 is 0. The lowest BCUT2D eigenvalue weighted by Gasteiger charge is -2.32. The van der Waals surface area contributed by atoms with E-state index in [9.17, 15) is 4.79 Å². The number of nitrogens with zero attached hydrogens (tertiary/aromatic N) is 1. The van der Waals surface area contributed by atoms with Crippen molar-refractivity contribution in [2.45, 2.75) is 65.0 Å². The number of nitrogens with one attached hydrogen (secondary N) is 2. The van der Waals surface area contributed by atoms with Crippen molar-refractivity contribution >= 4 is 5.91 Å². The van der Waals surface area contributed by atoms with Crippen LogP contribution in [0.2, 0.25) is 0 Å². The maximum atomic E-state index is 11.9. The molecule has 0 aromatic carbocycles. The molecule has 1 rings (SSSR count). The second-order valence-electron chi connectivity index (χ2n) is 5.87. The molecule has 0 saturated carbocycles. The Bertz CT molecular complexity index is 250. The topological polar surface area (TPSA) is 44.4 Å². The summed E-state index contributed by atoms with van der Waals surface area (Å²) in [5.74, 6) is 0.165. The first-order valence-electron chi connectivity index (χ1n) is 7.87. The molecule has 0 bridgehead atoms. The average molecular weight is 269 g/mol. The molecule has 4 nitrogen and oxygen atoms in total. The largest absolute Gasteiger partial charge is 0.355 e. The van der Waals surface area contributed by atoms with E-state index in [2.05, 4.69) is 36.3 Å². The van der Waals surface area contributed by atoms with Gasteiger partial charge in [-0.15, -0.1) is 0 Å². The highest BCUT2D eigenvalue weighted by atomic mass is 16.2. The molecule has 4 heteroatoms. The van der Waals surface area contributed by atoms with Gasteiger partial charge in [-0.2, -0.15) is 0 Å². The van der Waals surface area contributed by atoms with E-state index in [4.69, 9.17) is 0 Å². The minimum Gasteiger partial charge on any atom is -0.355 e. The van der Waals surface area contributed by atoms with Gasteiger partial charge >= 0.3 is 0 Å². The summed E-state index contributed by atoms with van der Waals surface area (Å²) in [5, 5.41) is 6.56. The summed E-state index contributed by atoms with van der Waals surface area (Å²) in [4.78, 5) is 14.2. The normalized spacial score (nSPS) is 19.9. The number of amides is 1. The van der Waals surface area contributed by atoms with E-state index in [1.807, 2.05) is 0 Å². The van der Waals surface area contributed by atoms with Gasteiger partial charge in [0.1, 0.15) is 0 Å². The van der Waals surface area contributed by atoms with E-state index in [0.717, 1.165) is 32.5 Å². The van der Waals surface area contributed by atoms with Crippen LogP contribution < -0.4 is 10.6 Å². The number of unbranched alkanes of at least 4 members (excludes halogenated alkanes) is 1. The van der Waals surface area contributed by atoms with E-state index in [-0.39, 0.29) is 5.91 Å². The van der Waals surface area contributed by atoms with Crippen LogP contribution >= 0.6 is 0 Å². The molecule has 112 valence electrons. The Labute approximate surface area is 118 Å². The van der Waals surface area contributed by atoms with Crippen molar-refractivity contribution in [1.82, 2.24) is 15.5 Å². The van der Waals surface area contributed by atoms with Gasteiger partial charge in [-0.3, -0.25) is 9.69 Å². The van der Waals surface area contributed by atoms with Crippen LogP contribution in [0.5, 0.6) is 0 Å². The van der Waals surface area contributed by atoms with Crippen LogP contribution in [0.15, 0.2) is 0 Å². The zero-order valence-electron chi connectivity index (χ0n) is 12.9. The van der Waals surface area contributed by atoms with Gasteiger partial charge in [-0.1, -0.05) is 19.8 Å². The predicted molar refractivity (Wildman–Crippen MR) is 80.3 cm³/mol. The fourth-order valence-electron chi connectivity index (χ4n) is 2.47. The fraction of sp³-hybridized carbons (Fsp3) is 0.933. The minimum absolute atomic E-state index is 0.165. The third kappa shape index (κ3) is 6.92. The molecule has 1 fully saturated rings. The van der Waals surface area contributed by atoms with Crippen molar-refractivity contribution in [1.29, 1.82) is 0 Å². The lowest BCUT2D eigenvalue weighted by atomic mass is 10.0. The van der Waals surface area contributed by atoms with Gasteiger partial charge in [0.05, 0.1) is 6.54 Å². The number of carbonyl (C=O) groups excluding carboxylic acids is 1. The van der Waals surface area contributed by atoms with Crippen LogP contribution in [-0.2, 0) is 4.79 Å². The number of carbonyl (C=O) groups is 1. The lowest BCUT2D eigenvalue weighted by molar-refractivity contribution is -0.122. The predicted octanol–water partition coefficient (Wildman–Crippen LogP) is 1.76. The summed E-state index contributed by atoms with van der Waals surface area (Å²) in [7, 11) is 0. The Morgan fingerprint density at radius 2 is 2.21 bits per heavy atom. The van der Waals surface area contributed by atoms with E-state index in [1.54, 1.807) is 0 Å². The first-order chi connectivity index (χ1) is 9.13. The van der Waals surface area contributed by atoms with Crippen LogP contribution in [0, 0.1) is 0 Å². The van der Waals surface area contributed by atoms with Crippen molar-refractivity contribution < 1.29 is 4.79 Å². The van der Waals surface area contributed by atoms with E-state index < -0.39 is 0 Å². The van der Waals surface area contributed by atoms with Gasteiger partial charge in [-0.05, 0) is 39.7 Å². The van der Waals surface area contributed by atoms with Crippen LogP contribution in [-0.4, -0.2) is 49.1 Å². The molecule has 1 atom stereocenters. The van der Waals surface area contributed by atoms with E-state index in [0.29, 0.717) is 18.6 Å². The zero-order valence-corrected chi connectivity index (χ0v) is 12.9. The standard InChI is InChI=1S/C15H31N3O/c1-4-5-9-17-15(19)12-18(13(2)3)11-14-8-6-7-10-16-14/h13-14,16H,4-12H2,1-3H3,(H,17,19). The quantitative estimate of drug-likeness (QED) is 0.660. The Kier molecular flexibility index (Phi) is 8.07.